The first-order valence-electron chi connectivity index (χ1n) is 4.32. The second kappa shape index (κ2) is 3.93. The van der Waals surface area contributed by atoms with Gasteiger partial charge < -0.3 is 5.73 Å². The first-order valence-corrected chi connectivity index (χ1v) is 4.32. The fourth-order valence-corrected chi connectivity index (χ4v) is 1.17. The molecule has 0 aromatic carbocycles. The smallest absolute Gasteiger partial charge is 0.142 e. The number of aromatic nitrogens is 3. The van der Waals surface area contributed by atoms with Crippen LogP contribution in [0.3, 0.4) is 0 Å². The first-order chi connectivity index (χ1) is 6.90. The predicted octanol–water partition coefficient (Wildman–Crippen LogP) is 0.997. The highest BCUT2D eigenvalue weighted by molar-refractivity contribution is 5.56. The molecule has 2 N–H and O–H groups in total. The van der Waals surface area contributed by atoms with E-state index in [9.17, 15) is 0 Å². The molecule has 0 saturated carbocycles. The van der Waals surface area contributed by atoms with Crippen LogP contribution in [0.5, 0.6) is 0 Å². The first kappa shape index (κ1) is 8.77. The van der Waals surface area contributed by atoms with E-state index in [1.54, 1.807) is 18.6 Å². The van der Waals surface area contributed by atoms with Crippen LogP contribution in [-0.4, -0.2) is 15.0 Å². The molecule has 0 radical (unpaired) electrons. The summed E-state index contributed by atoms with van der Waals surface area (Å²) in [5.41, 5.74) is 7.29. The van der Waals surface area contributed by atoms with Crippen molar-refractivity contribution in [1.29, 1.82) is 0 Å². The zero-order valence-electron chi connectivity index (χ0n) is 7.59. The van der Waals surface area contributed by atoms with Crippen molar-refractivity contribution in [1.82, 2.24) is 15.0 Å². The van der Waals surface area contributed by atoms with Gasteiger partial charge in [0.25, 0.3) is 0 Å². The third-order valence-electron chi connectivity index (χ3n) is 1.85. The summed E-state index contributed by atoms with van der Waals surface area (Å²) in [6.45, 7) is 0.355. The van der Waals surface area contributed by atoms with Gasteiger partial charge in [0.2, 0.25) is 0 Å². The Kier molecular flexibility index (Phi) is 2.46. The van der Waals surface area contributed by atoms with E-state index in [4.69, 9.17) is 5.73 Å². The van der Waals surface area contributed by atoms with E-state index in [0.29, 0.717) is 12.4 Å². The van der Waals surface area contributed by atoms with Crippen LogP contribution >= 0.6 is 0 Å². The van der Waals surface area contributed by atoms with E-state index in [2.05, 4.69) is 15.0 Å². The summed E-state index contributed by atoms with van der Waals surface area (Å²) in [5, 5.41) is 0. The Morgan fingerprint density at radius 3 is 2.86 bits per heavy atom. The largest absolute Gasteiger partial charge is 0.324 e. The Balaban J connectivity index is 2.42. The molecule has 14 heavy (non-hydrogen) atoms. The van der Waals surface area contributed by atoms with Crippen LogP contribution in [0.2, 0.25) is 0 Å². The molecule has 0 aliphatic heterocycles. The molecule has 0 aliphatic carbocycles. The van der Waals surface area contributed by atoms with Crippen LogP contribution in [0.1, 0.15) is 5.82 Å². The van der Waals surface area contributed by atoms with E-state index < -0.39 is 0 Å². The van der Waals surface area contributed by atoms with Crippen molar-refractivity contribution in [2.75, 3.05) is 0 Å². The topological polar surface area (TPSA) is 64.7 Å². The van der Waals surface area contributed by atoms with Crippen molar-refractivity contribution >= 4 is 0 Å². The molecule has 0 spiro atoms. The molecule has 4 heteroatoms. The second-order valence-electron chi connectivity index (χ2n) is 2.80. The number of nitrogens with two attached hydrogens (primary N) is 1. The third-order valence-corrected chi connectivity index (χ3v) is 1.85. The molecule has 0 saturated heterocycles. The zero-order valence-corrected chi connectivity index (χ0v) is 7.59. The lowest BCUT2D eigenvalue weighted by Gasteiger charge is -2.00. The summed E-state index contributed by atoms with van der Waals surface area (Å²) in [4.78, 5) is 12.3. The lowest BCUT2D eigenvalue weighted by Crippen LogP contribution is -2.02. The molecule has 0 bridgehead atoms. The quantitative estimate of drug-likeness (QED) is 0.759. The highest BCUT2D eigenvalue weighted by Crippen LogP contribution is 2.13. The molecular weight excluding hydrogens is 176 g/mol. The Hall–Kier alpha value is -1.81. The average molecular weight is 186 g/mol. The molecule has 2 aromatic rings. The van der Waals surface area contributed by atoms with Gasteiger partial charge in [0.15, 0.2) is 0 Å². The maximum absolute atomic E-state index is 5.46. The van der Waals surface area contributed by atoms with Gasteiger partial charge in [0.05, 0.1) is 12.2 Å². The van der Waals surface area contributed by atoms with Crippen LogP contribution < -0.4 is 5.73 Å². The fraction of sp³-hybridized carbons (Fsp3) is 0.100. The van der Waals surface area contributed by atoms with E-state index in [1.807, 2.05) is 18.2 Å². The van der Waals surface area contributed by atoms with Crippen molar-refractivity contribution in [3.63, 3.8) is 0 Å². The maximum Gasteiger partial charge on any atom is 0.142 e. The molecule has 0 atom stereocenters. The third kappa shape index (κ3) is 1.75. The van der Waals surface area contributed by atoms with Crippen LogP contribution in [0.25, 0.3) is 11.3 Å². The van der Waals surface area contributed by atoms with E-state index >= 15 is 0 Å². The Bertz CT molecular complexity index is 413. The molecule has 70 valence electrons. The molecule has 2 heterocycles. The van der Waals surface area contributed by atoms with E-state index in [0.717, 1.165) is 11.3 Å². The van der Waals surface area contributed by atoms with E-state index in [1.165, 1.54) is 0 Å². The minimum Gasteiger partial charge on any atom is -0.324 e. The summed E-state index contributed by atoms with van der Waals surface area (Å²) in [6.07, 6.45) is 5.20. The van der Waals surface area contributed by atoms with Crippen LogP contribution in [0, 0.1) is 0 Å². The molecule has 4 nitrogen and oxygen atoms in total. The number of hydrogen-bond donors (Lipinski definition) is 1. The van der Waals surface area contributed by atoms with Crippen molar-refractivity contribution in [3.8, 4) is 11.3 Å². The Morgan fingerprint density at radius 1 is 1.21 bits per heavy atom. The van der Waals surface area contributed by atoms with Crippen LogP contribution in [-0.2, 0) is 6.54 Å². The Labute approximate surface area is 81.9 Å². The van der Waals surface area contributed by atoms with E-state index in [-0.39, 0.29) is 0 Å². The molecular formula is C10H10N4. The summed E-state index contributed by atoms with van der Waals surface area (Å²) in [6, 6.07) is 5.67. The van der Waals surface area contributed by atoms with Gasteiger partial charge in [0, 0.05) is 24.2 Å². The van der Waals surface area contributed by atoms with Crippen molar-refractivity contribution < 1.29 is 0 Å². The van der Waals surface area contributed by atoms with Gasteiger partial charge in [-0.2, -0.15) is 0 Å². The van der Waals surface area contributed by atoms with Crippen molar-refractivity contribution in [2.45, 2.75) is 6.54 Å². The number of hydrogen-bond acceptors (Lipinski definition) is 4. The number of rotatable bonds is 2. The Morgan fingerprint density at radius 2 is 2.14 bits per heavy atom. The minimum absolute atomic E-state index is 0.355. The molecule has 0 amide bonds. The van der Waals surface area contributed by atoms with Gasteiger partial charge in [-0.15, -0.1) is 0 Å². The lowest BCUT2D eigenvalue weighted by molar-refractivity contribution is 0.911. The van der Waals surface area contributed by atoms with Gasteiger partial charge in [0.1, 0.15) is 5.82 Å². The van der Waals surface area contributed by atoms with Gasteiger partial charge in [-0.1, -0.05) is 0 Å². The average Bonchev–Trinajstić information content (AvgIpc) is 2.30. The number of nitrogens with zero attached hydrogens (tertiary/aromatic N) is 3. The van der Waals surface area contributed by atoms with Crippen LogP contribution in [0.4, 0.5) is 0 Å². The summed E-state index contributed by atoms with van der Waals surface area (Å²) in [5.74, 6) is 0.645. The highest BCUT2D eigenvalue weighted by atomic mass is 14.9. The molecule has 0 aliphatic rings. The molecule has 2 aromatic heterocycles. The molecule has 0 fully saturated rings. The van der Waals surface area contributed by atoms with Crippen molar-refractivity contribution in [2.24, 2.45) is 5.73 Å². The van der Waals surface area contributed by atoms with Gasteiger partial charge >= 0.3 is 0 Å². The van der Waals surface area contributed by atoms with Gasteiger partial charge in [-0.3, -0.25) is 4.98 Å². The summed E-state index contributed by atoms with van der Waals surface area (Å²) >= 11 is 0. The van der Waals surface area contributed by atoms with Crippen molar-refractivity contribution in [3.05, 3.63) is 42.6 Å². The normalized spacial score (nSPS) is 10.1. The van der Waals surface area contributed by atoms with Gasteiger partial charge in [-0.05, 0) is 18.2 Å². The molecule has 2 rings (SSSR count). The SMILES string of the molecule is NCc1nccc(-c2cccnc2)n1. The highest BCUT2D eigenvalue weighted by Gasteiger charge is 1.99. The lowest BCUT2D eigenvalue weighted by atomic mass is 10.2. The monoisotopic (exact) mass is 186 g/mol. The number of pyridine rings is 1. The summed E-state index contributed by atoms with van der Waals surface area (Å²) < 4.78 is 0. The zero-order chi connectivity index (χ0) is 9.80. The predicted molar refractivity (Wildman–Crippen MR) is 53.2 cm³/mol. The maximum atomic E-state index is 5.46. The van der Waals surface area contributed by atoms with Crippen LogP contribution in [0.15, 0.2) is 36.8 Å². The minimum atomic E-state index is 0.355. The fourth-order valence-electron chi connectivity index (χ4n) is 1.17. The summed E-state index contributed by atoms with van der Waals surface area (Å²) in [7, 11) is 0. The molecule has 0 unspecified atom stereocenters. The van der Waals surface area contributed by atoms with Gasteiger partial charge in [-0.25, -0.2) is 9.97 Å². The second-order valence-corrected chi connectivity index (χ2v) is 2.80. The standard InChI is InChI=1S/C10H10N4/c11-6-10-13-5-3-9(14-10)8-2-1-4-12-7-8/h1-5,7H,6,11H2.